The minimum absolute atomic E-state index is 0.0168. The summed E-state index contributed by atoms with van der Waals surface area (Å²) in [6, 6.07) is 9.88. The van der Waals surface area contributed by atoms with E-state index < -0.39 is 102 Å². The van der Waals surface area contributed by atoms with E-state index in [4.69, 9.17) is 19.2 Å². The Hall–Kier alpha value is -9.08. The van der Waals surface area contributed by atoms with Gasteiger partial charge in [-0.15, -0.1) is 5.10 Å². The van der Waals surface area contributed by atoms with Gasteiger partial charge in [-0.3, -0.25) is 48.1 Å². The van der Waals surface area contributed by atoms with Gasteiger partial charge in [-0.2, -0.15) is 0 Å². The highest BCUT2D eigenvalue weighted by Crippen LogP contribution is 2.46. The number of carbonyl (C=O) groups is 9. The topological polar surface area (TPSA) is 343 Å². The average Bonchev–Trinajstić information content (AvgIpc) is 4.34. The zero-order valence-electron chi connectivity index (χ0n) is 44.1. The molecule has 3 aliphatic heterocycles. The molecule has 0 saturated carbocycles. The van der Waals surface area contributed by atoms with Crippen LogP contribution in [-0.4, -0.2) is 147 Å². The van der Waals surface area contributed by atoms with Crippen LogP contribution in [0.3, 0.4) is 0 Å². The minimum Gasteiger partial charge on any atom is -0.458 e. The van der Waals surface area contributed by atoms with Crippen molar-refractivity contribution in [3.63, 3.8) is 0 Å². The number of ether oxygens (including phenoxy) is 3. The molecule has 7 N–H and O–H groups in total. The first-order chi connectivity index (χ1) is 38.9. The molecule has 0 radical (unpaired) electrons. The van der Waals surface area contributed by atoms with E-state index in [2.05, 4.69) is 42.2 Å². The third-order valence-electron chi connectivity index (χ3n) is 14.4. The summed E-state index contributed by atoms with van der Waals surface area (Å²) in [4.78, 5) is 133. The number of fused-ring (bicyclic) bond motifs is 5. The molecule has 0 fully saturated rings. The second-order valence-electron chi connectivity index (χ2n) is 19.5. The molecule has 0 spiro atoms. The second kappa shape index (κ2) is 24.5. The van der Waals surface area contributed by atoms with Crippen LogP contribution in [-0.2, 0) is 90.7 Å². The molecule has 27 heteroatoms. The van der Waals surface area contributed by atoms with Crippen molar-refractivity contribution < 1.29 is 66.9 Å². The number of cyclic esters (lactones) is 1. The molecule has 8 amide bonds. The Labute approximate surface area is 460 Å². The van der Waals surface area contributed by atoms with Gasteiger partial charge in [-0.25, -0.2) is 18.9 Å². The number of rotatable bonds is 24. The number of imide groups is 1. The van der Waals surface area contributed by atoms with Gasteiger partial charge in [0.25, 0.3) is 23.3 Å². The Bertz CT molecular complexity index is 3460. The third-order valence-corrected chi connectivity index (χ3v) is 14.4. The second-order valence-corrected chi connectivity index (χ2v) is 19.5. The molecule has 2 aromatic carbocycles. The van der Waals surface area contributed by atoms with Crippen molar-refractivity contribution in [2.45, 2.75) is 83.3 Å². The van der Waals surface area contributed by atoms with Gasteiger partial charge in [0.05, 0.1) is 93.8 Å². The lowest BCUT2D eigenvalue weighted by Crippen LogP contribution is -2.52. The maximum atomic E-state index is 15.4. The van der Waals surface area contributed by atoms with E-state index in [0.29, 0.717) is 57.4 Å². The Morgan fingerprint density at radius 3 is 2.35 bits per heavy atom. The summed E-state index contributed by atoms with van der Waals surface area (Å²) in [6.45, 7) is 1.46. The highest BCUT2D eigenvalue weighted by atomic mass is 19.1. The molecule has 81 heavy (non-hydrogen) atoms. The first-order valence-electron chi connectivity index (χ1n) is 26.1. The van der Waals surface area contributed by atoms with Crippen molar-refractivity contribution in [3.8, 4) is 11.4 Å². The number of nitrogens with zero attached hydrogens (tertiary/aromatic N) is 6. The van der Waals surface area contributed by atoms with Crippen LogP contribution in [0, 0.1) is 12.7 Å². The normalized spacial score (nSPS) is 17.0. The first-order valence-corrected chi connectivity index (χ1v) is 26.1. The van der Waals surface area contributed by atoms with Crippen LogP contribution < -0.4 is 37.5 Å². The van der Waals surface area contributed by atoms with Gasteiger partial charge in [-0.1, -0.05) is 42.5 Å². The summed E-state index contributed by atoms with van der Waals surface area (Å²) >= 11 is 0. The van der Waals surface area contributed by atoms with Gasteiger partial charge in [0.1, 0.15) is 25.2 Å². The molecule has 26 nitrogen and oxygen atoms in total. The summed E-state index contributed by atoms with van der Waals surface area (Å²) < 4.78 is 34.4. The fraction of sp³-hybridized carbons (Fsp3) is 0.389. The molecular formula is C54H57FN12O14. The van der Waals surface area contributed by atoms with Crippen LogP contribution in [0.1, 0.15) is 81.7 Å². The van der Waals surface area contributed by atoms with Crippen molar-refractivity contribution in [1.29, 1.82) is 0 Å². The molecule has 3 atom stereocenters. The van der Waals surface area contributed by atoms with Crippen molar-refractivity contribution >= 4 is 64.1 Å². The molecular weight excluding hydrogens is 1060 g/mol. The van der Waals surface area contributed by atoms with E-state index in [-0.39, 0.29) is 88.9 Å². The highest BCUT2D eigenvalue weighted by Gasteiger charge is 2.46. The van der Waals surface area contributed by atoms with E-state index in [9.17, 15) is 53.1 Å². The largest absolute Gasteiger partial charge is 0.458 e. The predicted molar refractivity (Wildman–Crippen MR) is 279 cm³/mol. The number of pyridine rings is 2. The number of aliphatic hydroxyl groups is 1. The molecule has 5 aromatic rings. The average molecular weight is 1120 g/mol. The van der Waals surface area contributed by atoms with E-state index in [1.807, 2.05) is 0 Å². The molecule has 0 unspecified atom stereocenters. The number of hydrogen-bond acceptors (Lipinski definition) is 17. The third kappa shape index (κ3) is 12.4. The summed E-state index contributed by atoms with van der Waals surface area (Å²) in [7, 11) is 0. The summed E-state index contributed by atoms with van der Waals surface area (Å²) in [5, 5.41) is 35.6. The standard InChI is InChI=1S/C54H57FN12O14/c1-3-54(78)34-20-40-49-32(25-67(40)52(76)33(34)27-81-53(54)77)48-36(10-9-31-29(2)35(55)21-37(61-49)47(31)48)62-51(75)39-26-65(64-63-39)14-17-80-28-59-43(70)23-58-50(74)38(19-30-7-5-4-6-8-30)60-44(71)24-57-42(69)22-56-41(68)13-16-79-18-15-66-45(72)11-12-46(66)73/h4-8,11-12,20-21,26,36,38,78H,3,9-10,13-19,22-25,27-28H2,1-2H3,(H,56,68)(H,57,69)(H,58,74)(H,59,70)(H,60,71)(H,62,75)/t36-,38-,54-/m0/s1. The maximum absolute atomic E-state index is 15.4. The first kappa shape index (κ1) is 56.6. The molecule has 0 saturated heterocycles. The lowest BCUT2D eigenvalue weighted by Gasteiger charge is -2.31. The Morgan fingerprint density at radius 2 is 1.58 bits per heavy atom. The van der Waals surface area contributed by atoms with Gasteiger partial charge < -0.3 is 55.8 Å². The van der Waals surface area contributed by atoms with Gasteiger partial charge in [0.2, 0.25) is 29.5 Å². The molecule has 4 aliphatic rings. The summed E-state index contributed by atoms with van der Waals surface area (Å²) in [6.07, 6.45) is 4.40. The predicted octanol–water partition coefficient (Wildman–Crippen LogP) is -0.966. The number of halogens is 1. The van der Waals surface area contributed by atoms with Crippen LogP contribution >= 0.6 is 0 Å². The number of carbonyl (C=O) groups excluding carboxylic acids is 9. The summed E-state index contributed by atoms with van der Waals surface area (Å²) in [5.41, 5.74) is 1.95. The SMILES string of the molecule is CC[C@@]1(O)C(=O)OCc2c1cc1n(c2=O)Cc2c-1nc1cc(F)c(C)c3c1c2[C@@H](NC(=O)c1cn(CCOCNC(=O)CNC(=O)[C@H](Cc2ccccc2)NC(=O)CNC(=O)CNC(=O)CCOCCN2C(=O)C=CC2=O)nn1)CC3. The minimum atomic E-state index is -2.05. The van der Waals surface area contributed by atoms with Crippen LogP contribution in [0.2, 0.25) is 0 Å². The number of amides is 8. The zero-order valence-corrected chi connectivity index (χ0v) is 44.1. The lowest BCUT2D eigenvalue weighted by atomic mass is 9.81. The molecule has 6 heterocycles. The Kier molecular flexibility index (Phi) is 17.1. The smallest absolute Gasteiger partial charge is 0.343 e. The highest BCUT2D eigenvalue weighted by molar-refractivity contribution is 6.12. The molecule has 3 aromatic heterocycles. The van der Waals surface area contributed by atoms with Crippen molar-refractivity contribution in [3.05, 3.63) is 122 Å². The van der Waals surface area contributed by atoms with Crippen molar-refractivity contribution in [2.75, 3.05) is 52.7 Å². The molecule has 9 rings (SSSR count). The molecule has 1 aliphatic carbocycles. The van der Waals surface area contributed by atoms with E-state index in [1.54, 1.807) is 50.2 Å². The number of benzene rings is 2. The number of hydrogen-bond donors (Lipinski definition) is 7. The van der Waals surface area contributed by atoms with Crippen LogP contribution in [0.25, 0.3) is 22.3 Å². The number of nitrogens with one attached hydrogen (secondary N) is 6. The lowest BCUT2D eigenvalue weighted by molar-refractivity contribution is -0.172. The number of esters is 1. The van der Waals surface area contributed by atoms with Gasteiger partial charge >= 0.3 is 5.97 Å². The summed E-state index contributed by atoms with van der Waals surface area (Å²) in [5.74, 6) is -6.02. The fourth-order valence-corrected chi connectivity index (χ4v) is 10.0. The van der Waals surface area contributed by atoms with Crippen molar-refractivity contribution in [1.82, 2.24) is 61.3 Å². The van der Waals surface area contributed by atoms with Crippen LogP contribution in [0.4, 0.5) is 4.39 Å². The van der Waals surface area contributed by atoms with Crippen LogP contribution in [0.5, 0.6) is 0 Å². The van der Waals surface area contributed by atoms with E-state index >= 15 is 4.39 Å². The monoisotopic (exact) mass is 1120 g/mol. The quantitative estimate of drug-likeness (QED) is 0.0166. The van der Waals surface area contributed by atoms with Gasteiger partial charge in [0, 0.05) is 47.6 Å². The molecule has 424 valence electrons. The van der Waals surface area contributed by atoms with Crippen molar-refractivity contribution in [2.24, 2.45) is 0 Å². The fourth-order valence-electron chi connectivity index (χ4n) is 10.0. The Morgan fingerprint density at radius 1 is 0.864 bits per heavy atom. The Balaban J connectivity index is 0.724. The number of aryl methyl sites for hydroxylation is 1. The zero-order chi connectivity index (χ0) is 57.5. The van der Waals surface area contributed by atoms with Crippen LogP contribution in [0.15, 0.2) is 65.6 Å². The van der Waals surface area contributed by atoms with E-state index in [1.165, 1.54) is 21.5 Å². The van der Waals surface area contributed by atoms with E-state index in [0.717, 1.165) is 22.6 Å². The maximum Gasteiger partial charge on any atom is 0.343 e. The van der Waals surface area contributed by atoms with Gasteiger partial charge in [-0.05, 0) is 54.5 Å². The number of aromatic nitrogens is 5. The molecule has 0 bridgehead atoms. The van der Waals surface area contributed by atoms with Gasteiger partial charge in [0.15, 0.2) is 11.3 Å².